The maximum Gasteiger partial charge on any atom is 0.244 e. The van der Waals surface area contributed by atoms with E-state index in [1.54, 1.807) is 18.2 Å². The number of rotatable bonds is 8. The molecule has 0 saturated carbocycles. The Balaban J connectivity index is 1.50. The Kier molecular flexibility index (Phi) is 8.11. The van der Waals surface area contributed by atoms with Crippen molar-refractivity contribution in [1.82, 2.24) is 15.5 Å². The Labute approximate surface area is 175 Å². The predicted molar refractivity (Wildman–Crippen MR) is 113 cm³/mol. The highest BCUT2D eigenvalue weighted by Crippen LogP contribution is 2.21. The number of morpholine rings is 1. The molecule has 1 fully saturated rings. The van der Waals surface area contributed by atoms with Crippen molar-refractivity contribution in [1.29, 1.82) is 0 Å². The van der Waals surface area contributed by atoms with Crippen LogP contribution < -0.4 is 10.6 Å². The van der Waals surface area contributed by atoms with E-state index in [1.807, 2.05) is 30.3 Å². The van der Waals surface area contributed by atoms with Crippen molar-refractivity contribution in [2.45, 2.75) is 6.04 Å². The van der Waals surface area contributed by atoms with E-state index in [4.69, 9.17) is 4.74 Å². The SMILES string of the molecule is O=C(/C=C/c1ccccc1)NCC(=O)NCC(c1ccc(F)cc1)N1CCOCC1. The first-order valence-corrected chi connectivity index (χ1v) is 9.97. The number of amides is 2. The number of nitrogens with zero attached hydrogens (tertiary/aromatic N) is 1. The molecule has 0 aliphatic carbocycles. The summed E-state index contributed by atoms with van der Waals surface area (Å²) in [5, 5.41) is 5.45. The molecule has 1 aliphatic rings. The molecular weight excluding hydrogens is 385 g/mol. The molecule has 0 spiro atoms. The van der Waals surface area contributed by atoms with Crippen LogP contribution in [0.3, 0.4) is 0 Å². The summed E-state index contributed by atoms with van der Waals surface area (Å²) >= 11 is 0. The van der Waals surface area contributed by atoms with Gasteiger partial charge in [-0.1, -0.05) is 42.5 Å². The third kappa shape index (κ3) is 6.79. The molecule has 1 unspecified atom stereocenters. The zero-order valence-corrected chi connectivity index (χ0v) is 16.7. The van der Waals surface area contributed by atoms with Crippen LogP contribution >= 0.6 is 0 Å². The van der Waals surface area contributed by atoms with E-state index in [-0.39, 0.29) is 30.2 Å². The molecule has 7 heteroatoms. The number of ether oxygens (including phenoxy) is 1. The molecule has 1 saturated heterocycles. The van der Waals surface area contributed by atoms with Crippen LogP contribution in [0.2, 0.25) is 0 Å². The van der Waals surface area contributed by atoms with E-state index in [0.717, 1.165) is 24.2 Å². The molecule has 0 aromatic heterocycles. The smallest absolute Gasteiger partial charge is 0.244 e. The van der Waals surface area contributed by atoms with Gasteiger partial charge >= 0.3 is 0 Å². The molecule has 2 N–H and O–H groups in total. The van der Waals surface area contributed by atoms with Crippen molar-refractivity contribution in [2.75, 3.05) is 39.4 Å². The van der Waals surface area contributed by atoms with Crippen LogP contribution in [0, 0.1) is 5.82 Å². The quantitative estimate of drug-likeness (QED) is 0.653. The molecular formula is C23H26FN3O3. The zero-order valence-electron chi connectivity index (χ0n) is 16.7. The van der Waals surface area contributed by atoms with Gasteiger partial charge in [0.15, 0.2) is 0 Å². The first-order chi connectivity index (χ1) is 14.6. The van der Waals surface area contributed by atoms with E-state index >= 15 is 0 Å². The average Bonchev–Trinajstić information content (AvgIpc) is 2.79. The zero-order chi connectivity index (χ0) is 21.2. The van der Waals surface area contributed by atoms with Crippen LogP contribution in [-0.2, 0) is 14.3 Å². The van der Waals surface area contributed by atoms with Crippen molar-refractivity contribution >= 4 is 17.9 Å². The highest BCUT2D eigenvalue weighted by molar-refractivity contribution is 5.94. The van der Waals surface area contributed by atoms with Gasteiger partial charge in [0.2, 0.25) is 11.8 Å². The minimum atomic E-state index is -0.336. The van der Waals surface area contributed by atoms with Crippen LogP contribution in [0.5, 0.6) is 0 Å². The van der Waals surface area contributed by atoms with Crippen LogP contribution in [0.25, 0.3) is 6.08 Å². The summed E-state index contributed by atoms with van der Waals surface area (Å²) in [6.07, 6.45) is 3.09. The number of hydrogen-bond donors (Lipinski definition) is 2. The number of hydrogen-bond acceptors (Lipinski definition) is 4. The van der Waals surface area contributed by atoms with Gasteiger partial charge in [0.25, 0.3) is 0 Å². The number of nitrogens with one attached hydrogen (secondary N) is 2. The minimum Gasteiger partial charge on any atom is -0.379 e. The van der Waals surface area contributed by atoms with Gasteiger partial charge in [-0.2, -0.15) is 0 Å². The topological polar surface area (TPSA) is 70.7 Å². The lowest BCUT2D eigenvalue weighted by Gasteiger charge is -2.35. The lowest BCUT2D eigenvalue weighted by atomic mass is 10.0. The van der Waals surface area contributed by atoms with Gasteiger partial charge in [-0.15, -0.1) is 0 Å². The first-order valence-electron chi connectivity index (χ1n) is 9.97. The Morgan fingerprint density at radius 1 is 1.03 bits per heavy atom. The summed E-state index contributed by atoms with van der Waals surface area (Å²) in [5.41, 5.74) is 1.83. The molecule has 1 heterocycles. The highest BCUT2D eigenvalue weighted by atomic mass is 19.1. The third-order valence-electron chi connectivity index (χ3n) is 4.88. The van der Waals surface area contributed by atoms with E-state index in [0.29, 0.717) is 19.8 Å². The van der Waals surface area contributed by atoms with Crippen molar-refractivity contribution in [3.8, 4) is 0 Å². The maximum atomic E-state index is 13.3. The van der Waals surface area contributed by atoms with Gasteiger partial charge in [0, 0.05) is 25.7 Å². The van der Waals surface area contributed by atoms with Gasteiger partial charge in [0.1, 0.15) is 5.82 Å². The summed E-state index contributed by atoms with van der Waals surface area (Å²) in [6, 6.07) is 15.7. The molecule has 158 valence electrons. The molecule has 3 rings (SSSR count). The second-order valence-electron chi connectivity index (χ2n) is 6.98. The van der Waals surface area contributed by atoms with E-state index in [1.165, 1.54) is 18.2 Å². The monoisotopic (exact) mass is 411 g/mol. The van der Waals surface area contributed by atoms with Gasteiger partial charge in [-0.3, -0.25) is 14.5 Å². The summed E-state index contributed by atoms with van der Waals surface area (Å²) in [7, 11) is 0. The fraction of sp³-hybridized carbons (Fsp3) is 0.304. The molecule has 1 aliphatic heterocycles. The van der Waals surface area contributed by atoms with Gasteiger partial charge in [-0.25, -0.2) is 4.39 Å². The lowest BCUT2D eigenvalue weighted by molar-refractivity contribution is -0.124. The van der Waals surface area contributed by atoms with Crippen molar-refractivity contribution in [2.24, 2.45) is 0 Å². The highest BCUT2D eigenvalue weighted by Gasteiger charge is 2.23. The molecule has 2 amide bonds. The Morgan fingerprint density at radius 2 is 1.73 bits per heavy atom. The van der Waals surface area contributed by atoms with Crippen LogP contribution in [0.4, 0.5) is 4.39 Å². The van der Waals surface area contributed by atoms with Gasteiger partial charge in [0.05, 0.1) is 25.8 Å². The summed E-state index contributed by atoms with van der Waals surface area (Å²) in [6.45, 7) is 2.96. The fourth-order valence-corrected chi connectivity index (χ4v) is 3.27. The third-order valence-corrected chi connectivity index (χ3v) is 4.88. The number of benzene rings is 2. The van der Waals surface area contributed by atoms with Crippen molar-refractivity contribution in [3.05, 3.63) is 77.6 Å². The standard InChI is InChI=1S/C23H26FN3O3/c24-20-9-7-19(8-10-20)21(27-12-14-30-15-13-27)16-25-23(29)17-26-22(28)11-6-18-4-2-1-3-5-18/h1-11,21H,12-17H2,(H,25,29)(H,26,28)/b11-6+. The van der Waals surface area contributed by atoms with E-state index < -0.39 is 0 Å². The van der Waals surface area contributed by atoms with Crippen molar-refractivity contribution in [3.63, 3.8) is 0 Å². The van der Waals surface area contributed by atoms with E-state index in [9.17, 15) is 14.0 Å². The normalized spacial score (nSPS) is 15.6. The number of halogens is 1. The minimum absolute atomic E-state index is 0.0906. The molecule has 2 aromatic rings. The van der Waals surface area contributed by atoms with E-state index in [2.05, 4.69) is 15.5 Å². The molecule has 6 nitrogen and oxygen atoms in total. The molecule has 30 heavy (non-hydrogen) atoms. The van der Waals surface area contributed by atoms with Crippen LogP contribution in [0.1, 0.15) is 17.2 Å². The summed E-state index contributed by atoms with van der Waals surface area (Å²) < 4.78 is 18.7. The van der Waals surface area contributed by atoms with Gasteiger partial charge < -0.3 is 15.4 Å². The predicted octanol–water partition coefficient (Wildman–Crippen LogP) is 2.14. The Bertz CT molecular complexity index is 850. The van der Waals surface area contributed by atoms with Crippen molar-refractivity contribution < 1.29 is 18.7 Å². The Hall–Kier alpha value is -3.03. The number of carbonyl (C=O) groups excluding carboxylic acids is 2. The Morgan fingerprint density at radius 3 is 2.43 bits per heavy atom. The molecule has 1 atom stereocenters. The maximum absolute atomic E-state index is 13.3. The summed E-state index contributed by atoms with van der Waals surface area (Å²) in [5.74, 6) is -0.913. The summed E-state index contributed by atoms with van der Waals surface area (Å²) in [4.78, 5) is 26.4. The second kappa shape index (κ2) is 11.2. The lowest BCUT2D eigenvalue weighted by Crippen LogP contribution is -2.45. The molecule has 0 radical (unpaired) electrons. The van der Waals surface area contributed by atoms with Gasteiger partial charge in [-0.05, 0) is 29.3 Å². The fourth-order valence-electron chi connectivity index (χ4n) is 3.27. The molecule has 0 bridgehead atoms. The largest absolute Gasteiger partial charge is 0.379 e. The average molecular weight is 411 g/mol. The van der Waals surface area contributed by atoms with Crippen LogP contribution in [0.15, 0.2) is 60.7 Å². The number of carbonyl (C=O) groups is 2. The van der Waals surface area contributed by atoms with Crippen LogP contribution in [-0.4, -0.2) is 56.1 Å². The molecule has 2 aromatic carbocycles. The first kappa shape index (κ1) is 21.7. The second-order valence-corrected chi connectivity index (χ2v) is 6.98.